The molecule has 1 amide bonds. The van der Waals surface area contributed by atoms with Crippen LogP contribution in [0.15, 0.2) is 30.3 Å². The second kappa shape index (κ2) is 10.8. The molecule has 4 nitrogen and oxygen atoms in total. The number of hydrogen-bond acceptors (Lipinski definition) is 3. The van der Waals surface area contributed by atoms with Gasteiger partial charge in [0.1, 0.15) is 6.10 Å². The molecule has 2 aromatic rings. The van der Waals surface area contributed by atoms with E-state index in [0.29, 0.717) is 18.1 Å². The van der Waals surface area contributed by atoms with E-state index in [-0.39, 0.29) is 30.8 Å². The van der Waals surface area contributed by atoms with Crippen LogP contribution < -0.4 is 0 Å². The van der Waals surface area contributed by atoms with Crippen molar-refractivity contribution in [2.24, 2.45) is 5.92 Å². The molecule has 1 saturated heterocycles. The van der Waals surface area contributed by atoms with Gasteiger partial charge < -0.3 is 9.47 Å². The van der Waals surface area contributed by atoms with E-state index in [4.69, 9.17) is 9.47 Å². The van der Waals surface area contributed by atoms with Gasteiger partial charge >= 0.3 is 18.4 Å². The number of carbonyl (C=O) groups excluding carboxylic acids is 1. The highest BCUT2D eigenvalue weighted by Crippen LogP contribution is 2.41. The third-order valence-corrected chi connectivity index (χ3v) is 7.62. The molecule has 0 bridgehead atoms. The fourth-order valence-electron chi connectivity index (χ4n) is 5.49. The summed E-state index contributed by atoms with van der Waals surface area (Å²) < 4.78 is 91.3. The zero-order chi connectivity index (χ0) is 27.8. The number of halogens is 6. The first kappa shape index (κ1) is 28.3. The minimum atomic E-state index is -4.99. The number of alkyl halides is 6. The third kappa shape index (κ3) is 6.11. The van der Waals surface area contributed by atoms with E-state index in [0.717, 1.165) is 47.9 Å². The van der Waals surface area contributed by atoms with E-state index < -0.39 is 35.7 Å². The average molecular weight is 544 g/mol. The van der Waals surface area contributed by atoms with Crippen LogP contribution in [0.5, 0.6) is 0 Å². The third-order valence-electron chi connectivity index (χ3n) is 7.62. The molecule has 2 atom stereocenters. The Kier molecular flexibility index (Phi) is 8.02. The van der Waals surface area contributed by atoms with Crippen molar-refractivity contribution < 1.29 is 40.6 Å². The lowest BCUT2D eigenvalue weighted by molar-refractivity contribution is -0.143. The first-order valence-corrected chi connectivity index (χ1v) is 12.7. The first-order valence-electron chi connectivity index (χ1n) is 12.7. The highest BCUT2D eigenvalue weighted by molar-refractivity contribution is 5.70. The summed E-state index contributed by atoms with van der Waals surface area (Å²) in [5.41, 5.74) is 0.596. The Morgan fingerprint density at radius 3 is 2.05 bits per heavy atom. The number of carbonyl (C=O) groups is 1. The van der Waals surface area contributed by atoms with Crippen LogP contribution >= 0.6 is 0 Å². The topological polar surface area (TPSA) is 38.8 Å². The normalized spacial score (nSPS) is 20.1. The Balaban J connectivity index is 1.63. The van der Waals surface area contributed by atoms with E-state index in [2.05, 4.69) is 6.07 Å². The molecular weight excluding hydrogens is 512 g/mol. The zero-order valence-electron chi connectivity index (χ0n) is 21.5. The molecule has 1 aliphatic heterocycles. The van der Waals surface area contributed by atoms with Crippen molar-refractivity contribution in [2.45, 2.75) is 77.1 Å². The van der Waals surface area contributed by atoms with E-state index in [1.807, 2.05) is 19.9 Å². The lowest BCUT2D eigenvalue weighted by Crippen LogP contribution is -2.26. The standard InChI is InChI=1S/C28H31F6NO3/c1-16-9-20(23(10-17(16)2)25(37-3)18-7-5-4-6-8-18)14-35-15-24(38-26(35)36)19-11-21(27(29,30)31)13-22(12-19)28(32,33)34/h9-13,18,24-25H,4-8,14-15H2,1-3H3. The van der Waals surface area contributed by atoms with Crippen LogP contribution in [0.4, 0.5) is 31.1 Å². The van der Waals surface area contributed by atoms with Crippen molar-refractivity contribution in [3.63, 3.8) is 0 Å². The van der Waals surface area contributed by atoms with Gasteiger partial charge in [-0.15, -0.1) is 0 Å². The molecule has 38 heavy (non-hydrogen) atoms. The molecule has 208 valence electrons. The second-order valence-electron chi connectivity index (χ2n) is 10.3. The number of rotatable bonds is 6. The largest absolute Gasteiger partial charge is 0.439 e. The Bertz CT molecular complexity index is 1140. The number of cyclic esters (lactones) is 1. The molecule has 4 rings (SSSR count). The van der Waals surface area contributed by atoms with Crippen LogP contribution in [0.1, 0.15) is 83.3 Å². The average Bonchev–Trinajstić information content (AvgIpc) is 3.22. The molecule has 0 spiro atoms. The SMILES string of the molecule is COC(c1cc(C)c(C)cc1CN1CC(c2cc(C(F)(F)F)cc(C(F)(F)F)c2)OC1=O)C1CCCCC1. The fraction of sp³-hybridized carbons (Fsp3) is 0.536. The van der Waals surface area contributed by atoms with Gasteiger partial charge in [-0.25, -0.2) is 4.79 Å². The summed E-state index contributed by atoms with van der Waals surface area (Å²) in [7, 11) is 1.66. The number of benzene rings is 2. The van der Waals surface area contributed by atoms with Gasteiger partial charge in [-0.2, -0.15) is 26.3 Å². The van der Waals surface area contributed by atoms with E-state index in [9.17, 15) is 31.1 Å². The Morgan fingerprint density at radius 1 is 0.921 bits per heavy atom. The smallest absolute Gasteiger partial charge is 0.416 e. The minimum absolute atomic E-state index is 0.0650. The number of nitrogens with zero attached hydrogens (tertiary/aromatic N) is 1. The molecule has 10 heteroatoms. The van der Waals surface area contributed by atoms with Gasteiger partial charge in [0, 0.05) is 13.7 Å². The van der Waals surface area contributed by atoms with Gasteiger partial charge in [0.2, 0.25) is 0 Å². The van der Waals surface area contributed by atoms with Crippen molar-refractivity contribution in [3.8, 4) is 0 Å². The van der Waals surface area contributed by atoms with E-state index in [1.165, 1.54) is 11.3 Å². The zero-order valence-corrected chi connectivity index (χ0v) is 21.5. The van der Waals surface area contributed by atoms with Crippen molar-refractivity contribution in [2.75, 3.05) is 13.7 Å². The molecule has 2 aromatic carbocycles. The molecule has 1 heterocycles. The van der Waals surface area contributed by atoms with Crippen molar-refractivity contribution in [1.29, 1.82) is 0 Å². The van der Waals surface area contributed by atoms with Gasteiger partial charge in [-0.1, -0.05) is 31.4 Å². The van der Waals surface area contributed by atoms with Crippen LogP contribution in [0.3, 0.4) is 0 Å². The number of aryl methyl sites for hydroxylation is 2. The maximum atomic E-state index is 13.3. The summed E-state index contributed by atoms with van der Waals surface area (Å²) in [6.45, 7) is 3.86. The Hall–Kier alpha value is -2.75. The van der Waals surface area contributed by atoms with Crippen molar-refractivity contribution >= 4 is 6.09 Å². The molecule has 1 saturated carbocycles. The van der Waals surface area contributed by atoms with Gasteiger partial charge in [0.05, 0.1) is 23.8 Å². The number of methoxy groups -OCH3 is 1. The van der Waals surface area contributed by atoms with Crippen molar-refractivity contribution in [3.05, 3.63) is 69.3 Å². The van der Waals surface area contributed by atoms with E-state index >= 15 is 0 Å². The maximum absolute atomic E-state index is 13.3. The maximum Gasteiger partial charge on any atom is 0.416 e. The van der Waals surface area contributed by atoms with E-state index in [1.54, 1.807) is 7.11 Å². The molecular formula is C28H31F6NO3. The lowest BCUT2D eigenvalue weighted by Gasteiger charge is -2.32. The lowest BCUT2D eigenvalue weighted by atomic mass is 9.80. The van der Waals surface area contributed by atoms with Gasteiger partial charge in [0.15, 0.2) is 0 Å². The first-order chi connectivity index (χ1) is 17.8. The summed E-state index contributed by atoms with van der Waals surface area (Å²) >= 11 is 0. The van der Waals surface area contributed by atoms with Crippen LogP contribution in [0, 0.1) is 19.8 Å². The molecule has 0 radical (unpaired) electrons. The molecule has 2 fully saturated rings. The Morgan fingerprint density at radius 2 is 1.50 bits per heavy atom. The van der Waals surface area contributed by atoms with Crippen molar-refractivity contribution in [1.82, 2.24) is 4.90 Å². The van der Waals surface area contributed by atoms with Gasteiger partial charge in [-0.3, -0.25) is 4.90 Å². The molecule has 2 unspecified atom stereocenters. The summed E-state index contributed by atoms with van der Waals surface area (Å²) in [6.07, 6.45) is -6.76. The fourth-order valence-corrected chi connectivity index (χ4v) is 5.49. The number of amides is 1. The van der Waals surface area contributed by atoms with Crippen LogP contribution in [-0.2, 0) is 28.4 Å². The summed E-state index contributed by atoms with van der Waals surface area (Å²) in [5, 5.41) is 0. The van der Waals surface area contributed by atoms with Crippen LogP contribution in [-0.4, -0.2) is 24.6 Å². The summed E-state index contributed by atoms with van der Waals surface area (Å²) in [5.74, 6) is 0.318. The second-order valence-corrected chi connectivity index (χ2v) is 10.3. The van der Waals surface area contributed by atoms with Gasteiger partial charge in [0.25, 0.3) is 0 Å². The van der Waals surface area contributed by atoms with Crippen LogP contribution in [0.25, 0.3) is 0 Å². The predicted octanol–water partition coefficient (Wildman–Crippen LogP) is 8.30. The monoisotopic (exact) mass is 543 g/mol. The van der Waals surface area contributed by atoms with Gasteiger partial charge in [-0.05, 0) is 78.6 Å². The quantitative estimate of drug-likeness (QED) is 0.344. The summed E-state index contributed by atoms with van der Waals surface area (Å²) in [6, 6.07) is 5.31. The molecule has 0 N–H and O–H groups in total. The number of ether oxygens (including phenoxy) is 2. The molecule has 2 aliphatic rings. The highest BCUT2D eigenvalue weighted by Gasteiger charge is 2.40. The summed E-state index contributed by atoms with van der Waals surface area (Å²) in [4.78, 5) is 14.1. The van der Waals surface area contributed by atoms with Crippen LogP contribution in [0.2, 0.25) is 0 Å². The molecule has 0 aromatic heterocycles. The number of hydrogen-bond donors (Lipinski definition) is 0. The molecule has 1 aliphatic carbocycles. The predicted molar refractivity (Wildman–Crippen MR) is 128 cm³/mol. The minimum Gasteiger partial charge on any atom is -0.439 e. The highest BCUT2D eigenvalue weighted by atomic mass is 19.4. The Labute approximate surface area is 217 Å².